The molecule has 0 bridgehead atoms. The number of phenols is 1. The average Bonchev–Trinajstić information content (AvgIpc) is 4.03. The highest BCUT2D eigenvalue weighted by atomic mass is 16.5. The summed E-state index contributed by atoms with van der Waals surface area (Å²) in [7, 11) is 1.81. The van der Waals surface area contributed by atoms with Crippen molar-refractivity contribution in [2.75, 3.05) is 89.5 Å². The van der Waals surface area contributed by atoms with Crippen LogP contribution in [0.4, 0.5) is 11.5 Å². The molecule has 4 aliphatic rings. The number of rotatable bonds is 16. The van der Waals surface area contributed by atoms with Gasteiger partial charge in [-0.05, 0) is 91.4 Å². The number of aromatic nitrogens is 1. The van der Waals surface area contributed by atoms with Gasteiger partial charge in [0.05, 0.1) is 31.8 Å². The van der Waals surface area contributed by atoms with Gasteiger partial charge in [0.25, 0.3) is 5.91 Å². The lowest BCUT2D eigenvalue weighted by Crippen LogP contribution is -2.57. The fourth-order valence-electron chi connectivity index (χ4n) is 7.65. The molecular formula is C41H54N6O6. The Bertz CT molecular complexity index is 1720. The van der Waals surface area contributed by atoms with E-state index in [1.165, 1.54) is 29.5 Å². The number of hydrogen-bond donors (Lipinski definition) is 3. The van der Waals surface area contributed by atoms with Gasteiger partial charge in [0.15, 0.2) is 12.4 Å². The molecule has 0 radical (unpaired) electrons. The van der Waals surface area contributed by atoms with Crippen LogP contribution in [-0.4, -0.2) is 117 Å². The van der Waals surface area contributed by atoms with Gasteiger partial charge >= 0.3 is 0 Å². The Balaban J connectivity index is 0.760. The van der Waals surface area contributed by atoms with Crippen molar-refractivity contribution in [1.29, 1.82) is 0 Å². The van der Waals surface area contributed by atoms with E-state index in [1.54, 1.807) is 17.0 Å². The van der Waals surface area contributed by atoms with Crippen LogP contribution in [0.15, 0.2) is 54.7 Å². The molecule has 1 aromatic heterocycles. The summed E-state index contributed by atoms with van der Waals surface area (Å²) in [4.78, 5) is 35.7. The van der Waals surface area contributed by atoms with Crippen molar-refractivity contribution in [3.8, 4) is 11.5 Å². The third-order valence-electron chi connectivity index (χ3n) is 11.0. The number of benzene rings is 2. The van der Waals surface area contributed by atoms with E-state index in [1.807, 2.05) is 13.2 Å². The Hall–Kier alpha value is -4.23. The molecule has 53 heavy (non-hydrogen) atoms. The Morgan fingerprint density at radius 3 is 2.77 bits per heavy atom. The minimum atomic E-state index is -0.282. The van der Waals surface area contributed by atoms with Crippen molar-refractivity contribution >= 4 is 23.3 Å². The number of carbonyl (C=O) groups is 2. The number of nitrogens with zero attached hydrogens (tertiary/aromatic N) is 4. The maximum absolute atomic E-state index is 12.7. The van der Waals surface area contributed by atoms with E-state index in [0.717, 1.165) is 75.9 Å². The zero-order valence-electron chi connectivity index (χ0n) is 31.0. The van der Waals surface area contributed by atoms with Crippen LogP contribution >= 0.6 is 0 Å². The molecule has 4 heterocycles. The number of piperidine rings is 1. The van der Waals surface area contributed by atoms with Gasteiger partial charge in [0.2, 0.25) is 5.91 Å². The Kier molecular flexibility index (Phi) is 12.1. The number of ether oxygens (including phenoxy) is 3. The molecule has 0 atom stereocenters. The van der Waals surface area contributed by atoms with E-state index in [9.17, 15) is 14.7 Å². The summed E-state index contributed by atoms with van der Waals surface area (Å²) in [5.41, 5.74) is 5.15. The summed E-state index contributed by atoms with van der Waals surface area (Å²) in [6.07, 6.45) is 8.48. The van der Waals surface area contributed by atoms with Crippen molar-refractivity contribution in [3.05, 3.63) is 77.0 Å². The lowest BCUT2D eigenvalue weighted by Gasteiger charge is -2.47. The van der Waals surface area contributed by atoms with E-state index < -0.39 is 0 Å². The lowest BCUT2D eigenvalue weighted by molar-refractivity contribution is -0.131. The third kappa shape index (κ3) is 9.85. The molecule has 12 heteroatoms. The van der Waals surface area contributed by atoms with Crippen LogP contribution < -0.4 is 20.3 Å². The number of carbonyl (C=O) groups excluding carboxylic acids is 2. The molecule has 284 valence electrons. The second-order valence-electron chi connectivity index (χ2n) is 15.0. The zero-order chi connectivity index (χ0) is 36.6. The fraction of sp³-hybridized carbons (Fsp3) is 0.537. The predicted octanol–water partition coefficient (Wildman–Crippen LogP) is 4.11. The van der Waals surface area contributed by atoms with Gasteiger partial charge in [-0.15, -0.1) is 0 Å². The van der Waals surface area contributed by atoms with E-state index in [2.05, 4.69) is 56.8 Å². The number of pyridine rings is 1. The van der Waals surface area contributed by atoms with Crippen molar-refractivity contribution < 1.29 is 28.9 Å². The number of amides is 2. The molecule has 2 aromatic carbocycles. The van der Waals surface area contributed by atoms with Crippen molar-refractivity contribution in [2.24, 2.45) is 0 Å². The van der Waals surface area contributed by atoms with Gasteiger partial charge in [-0.1, -0.05) is 30.3 Å². The number of nitrogens with one attached hydrogen (secondary N) is 2. The van der Waals surface area contributed by atoms with E-state index in [4.69, 9.17) is 19.2 Å². The quantitative estimate of drug-likeness (QED) is 0.147. The molecule has 3 aliphatic heterocycles. The second-order valence-corrected chi connectivity index (χ2v) is 15.0. The summed E-state index contributed by atoms with van der Waals surface area (Å²) in [6, 6.07) is 16.6. The molecule has 2 saturated heterocycles. The van der Waals surface area contributed by atoms with Crippen molar-refractivity contribution in [1.82, 2.24) is 20.1 Å². The van der Waals surface area contributed by atoms with Crippen LogP contribution in [-0.2, 0) is 38.4 Å². The summed E-state index contributed by atoms with van der Waals surface area (Å²) in [5.74, 6) is 2.13. The van der Waals surface area contributed by atoms with Crippen LogP contribution in [0, 0.1) is 0 Å². The number of anilines is 2. The van der Waals surface area contributed by atoms with Gasteiger partial charge in [-0.2, -0.15) is 0 Å². The molecular weight excluding hydrogens is 672 g/mol. The molecule has 1 saturated carbocycles. The molecule has 1 spiro atoms. The molecule has 0 unspecified atom stereocenters. The number of hydrogen-bond acceptors (Lipinski definition) is 10. The standard InChI is InChI=1S/C41H54N6O6/c1-45(20-17-42-15-9-33-7-8-35(48)39-40(33)52-28-37(49)44-39)38(50)12-23-51-22-11-30-3-2-4-31(25-30)27-46-18-13-41(14-19-46)29-47(21-24-53-41)36-26-34(10-16-43-36)32-5-6-32/h2-4,7-8,10,16,25-26,32,42,48H,5-6,9,11-15,17-24,27-29H2,1H3,(H,44,49). The van der Waals surface area contributed by atoms with Gasteiger partial charge in [0, 0.05) is 59.1 Å². The van der Waals surface area contributed by atoms with E-state index in [-0.39, 0.29) is 29.8 Å². The lowest BCUT2D eigenvalue weighted by atomic mass is 9.89. The minimum Gasteiger partial charge on any atom is -0.506 e. The van der Waals surface area contributed by atoms with E-state index in [0.29, 0.717) is 57.1 Å². The summed E-state index contributed by atoms with van der Waals surface area (Å²) in [6.45, 7) is 8.37. The molecule has 3 aromatic rings. The minimum absolute atomic E-state index is 0.00784. The largest absolute Gasteiger partial charge is 0.506 e. The van der Waals surface area contributed by atoms with Crippen LogP contribution in [0.5, 0.6) is 11.5 Å². The third-order valence-corrected chi connectivity index (χ3v) is 11.0. The molecule has 1 aliphatic carbocycles. The van der Waals surface area contributed by atoms with Crippen LogP contribution in [0.25, 0.3) is 0 Å². The molecule has 2 amide bonds. The number of fused-ring (bicyclic) bond motifs is 1. The average molecular weight is 727 g/mol. The normalized spacial score (nSPS) is 18.4. The van der Waals surface area contributed by atoms with Crippen molar-refractivity contribution in [3.63, 3.8) is 0 Å². The molecule has 3 fully saturated rings. The summed E-state index contributed by atoms with van der Waals surface area (Å²) in [5, 5.41) is 16.1. The maximum Gasteiger partial charge on any atom is 0.262 e. The van der Waals surface area contributed by atoms with Gasteiger partial charge < -0.3 is 39.8 Å². The van der Waals surface area contributed by atoms with Crippen molar-refractivity contribution in [2.45, 2.75) is 63.0 Å². The van der Waals surface area contributed by atoms with Crippen LogP contribution in [0.2, 0.25) is 0 Å². The highest BCUT2D eigenvalue weighted by molar-refractivity contribution is 5.97. The van der Waals surface area contributed by atoms with Gasteiger partial charge in [0.1, 0.15) is 17.3 Å². The second kappa shape index (κ2) is 17.3. The number of aromatic hydroxyl groups is 1. The molecule has 7 rings (SSSR count). The van der Waals surface area contributed by atoms with Gasteiger partial charge in [-0.25, -0.2) is 4.98 Å². The molecule has 12 nitrogen and oxygen atoms in total. The summed E-state index contributed by atoms with van der Waals surface area (Å²) < 4.78 is 17.9. The topological polar surface area (TPSA) is 129 Å². The number of likely N-dealkylation sites (N-methyl/N-ethyl adjacent to an activating group) is 1. The smallest absolute Gasteiger partial charge is 0.262 e. The predicted molar refractivity (Wildman–Crippen MR) is 204 cm³/mol. The van der Waals surface area contributed by atoms with Gasteiger partial charge in [-0.3, -0.25) is 14.5 Å². The zero-order valence-corrected chi connectivity index (χ0v) is 31.0. The highest BCUT2D eigenvalue weighted by Gasteiger charge is 2.40. The summed E-state index contributed by atoms with van der Waals surface area (Å²) >= 11 is 0. The Morgan fingerprint density at radius 1 is 1.08 bits per heavy atom. The number of likely N-dealkylation sites (tertiary alicyclic amines) is 1. The maximum atomic E-state index is 12.7. The first-order chi connectivity index (χ1) is 25.8. The van der Waals surface area contributed by atoms with Crippen LogP contribution in [0.3, 0.4) is 0 Å². The first-order valence-corrected chi connectivity index (χ1v) is 19.3. The number of morpholine rings is 1. The van der Waals surface area contributed by atoms with Crippen LogP contribution in [0.1, 0.15) is 60.3 Å². The SMILES string of the molecule is CN(CCNCCc1ccc(O)c2c1OCC(=O)N2)C(=O)CCOCCc1cccc(CN2CCC3(CC2)CN(c2cc(C4CC4)ccn2)CCO3)c1. The molecule has 3 N–H and O–H groups in total. The fourth-order valence-corrected chi connectivity index (χ4v) is 7.65. The highest BCUT2D eigenvalue weighted by Crippen LogP contribution is 2.41. The Morgan fingerprint density at radius 2 is 1.92 bits per heavy atom. The number of phenolic OH excluding ortho intramolecular Hbond substituents is 1. The van der Waals surface area contributed by atoms with E-state index >= 15 is 0 Å². The first-order valence-electron chi connectivity index (χ1n) is 19.3. The monoisotopic (exact) mass is 726 g/mol. The Labute approximate surface area is 312 Å². The first kappa shape index (κ1) is 37.1.